The van der Waals surface area contributed by atoms with Crippen molar-refractivity contribution in [2.45, 2.75) is 38.6 Å². The van der Waals surface area contributed by atoms with Crippen LogP contribution in [0.15, 0.2) is 36.5 Å². The molecule has 1 amide bonds. The molecule has 0 unspecified atom stereocenters. The monoisotopic (exact) mass is 283 g/mol. The average Bonchev–Trinajstić information content (AvgIpc) is 3.19. The van der Waals surface area contributed by atoms with Gasteiger partial charge in [-0.15, -0.1) is 0 Å². The summed E-state index contributed by atoms with van der Waals surface area (Å²) in [7, 11) is 0. The molecular weight excluding hydrogens is 262 g/mol. The van der Waals surface area contributed by atoms with Gasteiger partial charge in [-0.1, -0.05) is 37.1 Å². The quantitative estimate of drug-likeness (QED) is 0.884. The van der Waals surface area contributed by atoms with Crippen molar-refractivity contribution >= 4 is 5.91 Å². The second kappa shape index (κ2) is 6.57. The Morgan fingerprint density at radius 1 is 1.19 bits per heavy atom. The number of carbonyl (C=O) groups excluding carboxylic acids is 1. The zero-order chi connectivity index (χ0) is 14.5. The van der Waals surface area contributed by atoms with Gasteiger partial charge in [-0.3, -0.25) is 9.89 Å². The van der Waals surface area contributed by atoms with E-state index in [-0.39, 0.29) is 5.91 Å². The number of carbonyl (C=O) groups is 1. The van der Waals surface area contributed by atoms with Crippen LogP contribution in [0, 0.1) is 5.92 Å². The number of H-pyrrole nitrogens is 1. The molecule has 1 aromatic heterocycles. The van der Waals surface area contributed by atoms with Gasteiger partial charge in [0, 0.05) is 19.2 Å². The number of aromatic nitrogens is 2. The molecule has 0 atom stereocenters. The maximum atomic E-state index is 11.9. The fourth-order valence-corrected chi connectivity index (χ4v) is 2.97. The Bertz CT molecular complexity index is 569. The van der Waals surface area contributed by atoms with Crippen molar-refractivity contribution in [1.82, 2.24) is 15.5 Å². The number of amides is 1. The van der Waals surface area contributed by atoms with E-state index in [1.54, 1.807) is 6.20 Å². The van der Waals surface area contributed by atoms with Gasteiger partial charge in [-0.05, 0) is 36.0 Å². The lowest BCUT2D eigenvalue weighted by atomic mass is 10.0. The maximum Gasteiger partial charge on any atom is 0.220 e. The van der Waals surface area contributed by atoms with E-state index in [0.29, 0.717) is 18.9 Å². The Labute approximate surface area is 125 Å². The number of hydrogen-bond acceptors (Lipinski definition) is 2. The van der Waals surface area contributed by atoms with Crippen molar-refractivity contribution in [2.75, 3.05) is 0 Å². The predicted octanol–water partition coefficient (Wildman–Crippen LogP) is 3.27. The fraction of sp³-hybridized carbons (Fsp3) is 0.412. The minimum Gasteiger partial charge on any atom is -0.352 e. The van der Waals surface area contributed by atoms with Crippen molar-refractivity contribution in [1.29, 1.82) is 0 Å². The van der Waals surface area contributed by atoms with Crippen LogP contribution >= 0.6 is 0 Å². The van der Waals surface area contributed by atoms with Crippen LogP contribution in [0.25, 0.3) is 11.3 Å². The number of aromatic amines is 1. The first-order chi connectivity index (χ1) is 10.3. The number of nitrogens with zero attached hydrogens (tertiary/aromatic N) is 1. The Morgan fingerprint density at radius 3 is 2.62 bits per heavy atom. The molecule has 0 spiro atoms. The third-order valence-electron chi connectivity index (χ3n) is 4.20. The Hall–Kier alpha value is -2.10. The van der Waals surface area contributed by atoms with Crippen molar-refractivity contribution < 1.29 is 4.79 Å². The smallest absolute Gasteiger partial charge is 0.220 e. The third kappa shape index (κ3) is 3.72. The molecule has 1 saturated carbocycles. The molecule has 0 radical (unpaired) electrons. The summed E-state index contributed by atoms with van der Waals surface area (Å²) < 4.78 is 0. The van der Waals surface area contributed by atoms with Gasteiger partial charge in [0.05, 0.1) is 5.69 Å². The van der Waals surface area contributed by atoms with E-state index >= 15 is 0 Å². The minimum absolute atomic E-state index is 0.180. The van der Waals surface area contributed by atoms with Crippen molar-refractivity contribution in [3.63, 3.8) is 0 Å². The van der Waals surface area contributed by atoms with Gasteiger partial charge < -0.3 is 5.32 Å². The molecule has 110 valence electrons. The van der Waals surface area contributed by atoms with Gasteiger partial charge in [0.25, 0.3) is 0 Å². The molecule has 0 saturated heterocycles. The highest BCUT2D eigenvalue weighted by Gasteiger charge is 2.18. The molecule has 2 aromatic rings. The lowest BCUT2D eigenvalue weighted by molar-refractivity contribution is -0.122. The van der Waals surface area contributed by atoms with Gasteiger partial charge in [-0.2, -0.15) is 5.10 Å². The highest BCUT2D eigenvalue weighted by Crippen LogP contribution is 2.27. The minimum atomic E-state index is 0.180. The molecule has 1 heterocycles. The second-order valence-corrected chi connectivity index (χ2v) is 5.80. The summed E-state index contributed by atoms with van der Waals surface area (Å²) in [5.74, 6) is 0.785. The van der Waals surface area contributed by atoms with Gasteiger partial charge in [-0.25, -0.2) is 0 Å². The lowest BCUT2D eigenvalue weighted by Gasteiger charge is -2.10. The van der Waals surface area contributed by atoms with Crippen LogP contribution in [0.4, 0.5) is 0 Å². The molecule has 0 bridgehead atoms. The number of nitrogens with one attached hydrogen (secondary N) is 2. The van der Waals surface area contributed by atoms with E-state index in [2.05, 4.69) is 15.5 Å². The topological polar surface area (TPSA) is 57.8 Å². The Morgan fingerprint density at radius 2 is 1.95 bits per heavy atom. The van der Waals surface area contributed by atoms with E-state index in [9.17, 15) is 4.79 Å². The molecular formula is C17H21N3O. The van der Waals surface area contributed by atoms with Gasteiger partial charge in [0.1, 0.15) is 0 Å². The van der Waals surface area contributed by atoms with Gasteiger partial charge in [0.2, 0.25) is 5.91 Å². The first-order valence-corrected chi connectivity index (χ1v) is 7.66. The lowest BCUT2D eigenvalue weighted by Crippen LogP contribution is -2.24. The largest absolute Gasteiger partial charge is 0.352 e. The molecule has 4 nitrogen and oxygen atoms in total. The van der Waals surface area contributed by atoms with E-state index in [0.717, 1.165) is 16.8 Å². The Balaban J connectivity index is 1.50. The molecule has 21 heavy (non-hydrogen) atoms. The second-order valence-electron chi connectivity index (χ2n) is 5.80. The van der Waals surface area contributed by atoms with Crippen molar-refractivity contribution in [2.24, 2.45) is 5.92 Å². The number of benzene rings is 1. The standard InChI is InChI=1S/C17H21N3O/c21-17(11-13-3-1-2-4-13)18-12-14-5-7-15(8-6-14)16-9-10-19-20-16/h5-10,13H,1-4,11-12H2,(H,18,21)(H,19,20). The first-order valence-electron chi connectivity index (χ1n) is 7.66. The van der Waals surface area contributed by atoms with Crippen LogP contribution in [0.2, 0.25) is 0 Å². The molecule has 4 heteroatoms. The molecule has 1 aliphatic rings. The molecule has 2 N–H and O–H groups in total. The van der Waals surface area contributed by atoms with Crippen LogP contribution in [0.1, 0.15) is 37.7 Å². The van der Waals surface area contributed by atoms with Crippen molar-refractivity contribution in [3.05, 3.63) is 42.1 Å². The summed E-state index contributed by atoms with van der Waals surface area (Å²) >= 11 is 0. The van der Waals surface area contributed by atoms with E-state index in [1.807, 2.05) is 30.3 Å². The first kappa shape index (κ1) is 13.9. The normalized spacial score (nSPS) is 15.2. The molecule has 1 fully saturated rings. The molecule has 0 aliphatic heterocycles. The number of hydrogen-bond donors (Lipinski definition) is 2. The highest BCUT2D eigenvalue weighted by molar-refractivity contribution is 5.76. The highest BCUT2D eigenvalue weighted by atomic mass is 16.1. The zero-order valence-electron chi connectivity index (χ0n) is 12.1. The van der Waals surface area contributed by atoms with Gasteiger partial charge >= 0.3 is 0 Å². The predicted molar refractivity (Wildman–Crippen MR) is 82.4 cm³/mol. The summed E-state index contributed by atoms with van der Waals surface area (Å²) in [5.41, 5.74) is 3.23. The third-order valence-corrected chi connectivity index (χ3v) is 4.20. The van der Waals surface area contributed by atoms with E-state index < -0.39 is 0 Å². The van der Waals surface area contributed by atoms with Gasteiger partial charge in [0.15, 0.2) is 0 Å². The van der Waals surface area contributed by atoms with Crippen LogP contribution in [-0.4, -0.2) is 16.1 Å². The number of rotatable bonds is 5. The molecule has 1 aliphatic carbocycles. The Kier molecular flexibility index (Phi) is 4.34. The summed E-state index contributed by atoms with van der Waals surface area (Å²) in [6.07, 6.45) is 7.43. The maximum absolute atomic E-state index is 11.9. The molecule has 3 rings (SSSR count). The van der Waals surface area contributed by atoms with E-state index in [4.69, 9.17) is 0 Å². The van der Waals surface area contributed by atoms with Crippen LogP contribution in [0.3, 0.4) is 0 Å². The summed E-state index contributed by atoms with van der Waals surface area (Å²) in [4.78, 5) is 11.9. The summed E-state index contributed by atoms with van der Waals surface area (Å²) in [5, 5.41) is 9.91. The molecule has 1 aromatic carbocycles. The van der Waals surface area contributed by atoms with Crippen LogP contribution < -0.4 is 5.32 Å². The SMILES string of the molecule is O=C(CC1CCCC1)NCc1ccc(-c2ccn[nH]2)cc1. The average molecular weight is 283 g/mol. The zero-order valence-corrected chi connectivity index (χ0v) is 12.1. The van der Waals surface area contributed by atoms with Crippen LogP contribution in [-0.2, 0) is 11.3 Å². The van der Waals surface area contributed by atoms with Crippen molar-refractivity contribution in [3.8, 4) is 11.3 Å². The summed E-state index contributed by atoms with van der Waals surface area (Å²) in [6, 6.07) is 10.1. The fourth-order valence-electron chi connectivity index (χ4n) is 2.97. The van der Waals surface area contributed by atoms with E-state index in [1.165, 1.54) is 25.7 Å². The van der Waals surface area contributed by atoms with Crippen LogP contribution in [0.5, 0.6) is 0 Å². The summed E-state index contributed by atoms with van der Waals surface area (Å²) in [6.45, 7) is 0.606.